The van der Waals surface area contributed by atoms with Crippen LogP contribution in [0.3, 0.4) is 0 Å². The number of nitrogens with zero attached hydrogens (tertiary/aromatic N) is 2. The molecule has 0 unspecified atom stereocenters. The number of quaternary nitrogens is 1. The third kappa shape index (κ3) is 3.86. The lowest BCUT2D eigenvalue weighted by Crippen LogP contribution is -2.84. The molecule has 0 fully saturated rings. The summed E-state index contributed by atoms with van der Waals surface area (Å²) in [6.07, 6.45) is 0. The van der Waals surface area contributed by atoms with Gasteiger partial charge in [-0.3, -0.25) is 0 Å². The number of nitrogens with two attached hydrogens (primary N) is 1. The van der Waals surface area contributed by atoms with Crippen LogP contribution < -0.4 is 5.32 Å². The molecule has 0 radical (unpaired) electrons. The molecular formula is C24H23ClN3+. The fraction of sp³-hybridized carbons (Fsp3) is 0.125. The van der Waals surface area contributed by atoms with Crippen molar-refractivity contribution in [1.82, 2.24) is 9.78 Å². The number of benzene rings is 3. The highest BCUT2D eigenvalue weighted by Gasteiger charge is 2.21. The van der Waals surface area contributed by atoms with Crippen molar-refractivity contribution in [1.29, 1.82) is 0 Å². The molecule has 4 aromatic rings. The first-order valence-electron chi connectivity index (χ1n) is 9.46. The Hall–Kier alpha value is -2.88. The topological polar surface area (TPSA) is 34.4 Å². The lowest BCUT2D eigenvalue weighted by atomic mass is 9.98. The first-order chi connectivity index (χ1) is 13.7. The SMILES string of the molecule is Cc1nn(-c2ccccc2)c(Cl)c1C[NH2+]C(c1ccccc1)c1ccccc1. The largest absolute Gasteiger partial charge is 0.332 e. The van der Waals surface area contributed by atoms with Gasteiger partial charge in [0.05, 0.1) is 16.9 Å². The van der Waals surface area contributed by atoms with Crippen molar-refractivity contribution in [2.24, 2.45) is 0 Å². The Bertz CT molecular complexity index is 988. The molecule has 1 heterocycles. The molecule has 0 aliphatic carbocycles. The molecule has 0 saturated carbocycles. The summed E-state index contributed by atoms with van der Waals surface area (Å²) in [6, 6.07) is 31.4. The summed E-state index contributed by atoms with van der Waals surface area (Å²) in [5.74, 6) is 0. The van der Waals surface area contributed by atoms with Gasteiger partial charge in [-0.1, -0.05) is 90.5 Å². The van der Waals surface area contributed by atoms with E-state index >= 15 is 0 Å². The fourth-order valence-corrected chi connectivity index (χ4v) is 3.87. The van der Waals surface area contributed by atoms with Crippen LogP contribution in [0.15, 0.2) is 91.0 Å². The van der Waals surface area contributed by atoms with Crippen LogP contribution in [0.4, 0.5) is 0 Å². The van der Waals surface area contributed by atoms with Crippen molar-refractivity contribution in [2.45, 2.75) is 19.5 Å². The first kappa shape index (κ1) is 18.5. The molecule has 3 aromatic carbocycles. The van der Waals surface area contributed by atoms with E-state index in [0.29, 0.717) is 5.15 Å². The van der Waals surface area contributed by atoms with Gasteiger partial charge in [-0.15, -0.1) is 0 Å². The summed E-state index contributed by atoms with van der Waals surface area (Å²) in [7, 11) is 0. The molecule has 140 valence electrons. The van der Waals surface area contributed by atoms with Gasteiger partial charge in [0.1, 0.15) is 17.7 Å². The Kier molecular flexibility index (Phi) is 5.56. The van der Waals surface area contributed by atoms with Gasteiger partial charge in [-0.05, 0) is 19.1 Å². The van der Waals surface area contributed by atoms with Crippen LogP contribution in [0.2, 0.25) is 5.15 Å². The van der Waals surface area contributed by atoms with Gasteiger partial charge in [0, 0.05) is 11.1 Å². The van der Waals surface area contributed by atoms with Gasteiger partial charge in [0.25, 0.3) is 0 Å². The van der Waals surface area contributed by atoms with Crippen molar-refractivity contribution in [3.05, 3.63) is 119 Å². The lowest BCUT2D eigenvalue weighted by Gasteiger charge is -2.16. The van der Waals surface area contributed by atoms with E-state index in [1.165, 1.54) is 11.1 Å². The molecule has 0 amide bonds. The molecule has 0 atom stereocenters. The van der Waals surface area contributed by atoms with E-state index in [4.69, 9.17) is 11.6 Å². The van der Waals surface area contributed by atoms with Crippen molar-refractivity contribution >= 4 is 11.6 Å². The monoisotopic (exact) mass is 388 g/mol. The van der Waals surface area contributed by atoms with E-state index in [9.17, 15) is 0 Å². The summed E-state index contributed by atoms with van der Waals surface area (Å²) in [5.41, 5.74) is 5.56. The van der Waals surface area contributed by atoms with Gasteiger partial charge < -0.3 is 5.32 Å². The van der Waals surface area contributed by atoms with Gasteiger partial charge in [-0.25, -0.2) is 4.68 Å². The molecule has 1 aromatic heterocycles. The first-order valence-corrected chi connectivity index (χ1v) is 9.84. The summed E-state index contributed by atoms with van der Waals surface area (Å²) >= 11 is 6.72. The molecule has 3 nitrogen and oxygen atoms in total. The van der Waals surface area contributed by atoms with Crippen molar-refractivity contribution in [2.75, 3.05) is 0 Å². The molecule has 2 N–H and O–H groups in total. The van der Waals surface area contributed by atoms with Gasteiger partial charge in [-0.2, -0.15) is 5.10 Å². The minimum absolute atomic E-state index is 0.206. The lowest BCUT2D eigenvalue weighted by molar-refractivity contribution is -0.702. The Balaban J connectivity index is 1.62. The van der Waals surface area contributed by atoms with E-state index < -0.39 is 0 Å². The zero-order chi connectivity index (χ0) is 19.3. The summed E-state index contributed by atoms with van der Waals surface area (Å²) < 4.78 is 1.82. The van der Waals surface area contributed by atoms with Crippen LogP contribution >= 0.6 is 11.6 Å². The van der Waals surface area contributed by atoms with Crippen molar-refractivity contribution in [3.8, 4) is 5.69 Å². The molecular weight excluding hydrogens is 366 g/mol. The summed E-state index contributed by atoms with van der Waals surface area (Å²) in [4.78, 5) is 0. The highest BCUT2D eigenvalue weighted by atomic mass is 35.5. The van der Waals surface area contributed by atoms with Crippen LogP contribution in [0.1, 0.15) is 28.4 Å². The maximum Gasteiger partial charge on any atom is 0.142 e. The van der Waals surface area contributed by atoms with Gasteiger partial charge in [0.15, 0.2) is 0 Å². The normalized spacial score (nSPS) is 11.1. The van der Waals surface area contributed by atoms with Gasteiger partial charge in [0.2, 0.25) is 0 Å². The number of aromatic nitrogens is 2. The Morgan fingerprint density at radius 2 is 1.32 bits per heavy atom. The minimum atomic E-state index is 0.206. The molecule has 0 bridgehead atoms. The van der Waals surface area contributed by atoms with E-state index in [-0.39, 0.29) is 6.04 Å². The Labute approximate surface area is 170 Å². The molecule has 0 aliphatic heterocycles. The molecule has 4 heteroatoms. The molecule has 0 saturated heterocycles. The van der Waals surface area contributed by atoms with Crippen molar-refractivity contribution in [3.63, 3.8) is 0 Å². The second-order valence-corrected chi connectivity index (χ2v) is 7.20. The van der Waals surface area contributed by atoms with Gasteiger partial charge >= 0.3 is 0 Å². The van der Waals surface area contributed by atoms with E-state index in [1.807, 2.05) is 41.9 Å². The van der Waals surface area contributed by atoms with E-state index in [0.717, 1.165) is 23.5 Å². The predicted octanol–water partition coefficient (Wildman–Crippen LogP) is 4.69. The molecule has 28 heavy (non-hydrogen) atoms. The van der Waals surface area contributed by atoms with Crippen LogP contribution in [-0.4, -0.2) is 9.78 Å². The van der Waals surface area contributed by atoms with E-state index in [1.54, 1.807) is 0 Å². The maximum atomic E-state index is 6.72. The highest BCUT2D eigenvalue weighted by Crippen LogP contribution is 2.24. The predicted molar refractivity (Wildman–Crippen MR) is 114 cm³/mol. The standard InChI is InChI=1S/C24H22ClN3/c1-18-22(24(25)28(27-18)21-15-9-4-10-16-21)17-26-23(19-11-5-2-6-12-19)20-13-7-3-8-14-20/h2-16,23,26H,17H2,1H3/p+1. The number of aryl methyl sites for hydroxylation is 1. The second-order valence-electron chi connectivity index (χ2n) is 6.84. The smallest absolute Gasteiger partial charge is 0.142 e. The Morgan fingerprint density at radius 1 is 0.821 bits per heavy atom. The summed E-state index contributed by atoms with van der Waals surface area (Å²) in [5, 5.41) is 7.68. The third-order valence-corrected chi connectivity index (χ3v) is 5.39. The quantitative estimate of drug-likeness (QED) is 0.511. The number of hydrogen-bond donors (Lipinski definition) is 1. The Morgan fingerprint density at radius 3 is 1.86 bits per heavy atom. The molecule has 0 spiro atoms. The third-order valence-electron chi connectivity index (χ3n) is 5.00. The number of hydrogen-bond acceptors (Lipinski definition) is 1. The van der Waals surface area contributed by atoms with Crippen LogP contribution in [0.25, 0.3) is 5.69 Å². The minimum Gasteiger partial charge on any atom is -0.332 e. The zero-order valence-electron chi connectivity index (χ0n) is 15.8. The maximum absolute atomic E-state index is 6.72. The van der Waals surface area contributed by atoms with Crippen LogP contribution in [0, 0.1) is 6.92 Å². The molecule has 4 rings (SSSR count). The highest BCUT2D eigenvalue weighted by molar-refractivity contribution is 6.30. The van der Waals surface area contributed by atoms with E-state index in [2.05, 4.69) is 71.1 Å². The summed E-state index contributed by atoms with van der Waals surface area (Å²) in [6.45, 7) is 2.78. The average molecular weight is 389 g/mol. The second kappa shape index (κ2) is 8.42. The van der Waals surface area contributed by atoms with Crippen molar-refractivity contribution < 1.29 is 5.32 Å². The number of para-hydroxylation sites is 1. The average Bonchev–Trinajstić information content (AvgIpc) is 3.04. The number of rotatable bonds is 6. The number of halogens is 1. The van der Waals surface area contributed by atoms with Crippen LogP contribution in [-0.2, 0) is 6.54 Å². The van der Waals surface area contributed by atoms with Crippen LogP contribution in [0.5, 0.6) is 0 Å². The zero-order valence-corrected chi connectivity index (χ0v) is 16.6. The fourth-order valence-electron chi connectivity index (χ4n) is 3.52. The molecule has 0 aliphatic rings.